The van der Waals surface area contributed by atoms with E-state index in [1.54, 1.807) is 0 Å². The zero-order valence-electron chi connectivity index (χ0n) is 30.9. The van der Waals surface area contributed by atoms with E-state index in [4.69, 9.17) is 0 Å². The summed E-state index contributed by atoms with van der Waals surface area (Å²) >= 11 is 0. The SMILES string of the molecule is CCCCCCCC/C=C\CCCCCCCCNC(CCCCC)NCCCCCCCC/C=C\CCCCCCCC. The minimum absolute atomic E-state index is 0.521. The van der Waals surface area contributed by atoms with Crippen molar-refractivity contribution in [1.29, 1.82) is 0 Å². The summed E-state index contributed by atoms with van der Waals surface area (Å²) in [4.78, 5) is 0. The van der Waals surface area contributed by atoms with Crippen LogP contribution in [0.3, 0.4) is 0 Å². The van der Waals surface area contributed by atoms with Gasteiger partial charge in [0.1, 0.15) is 0 Å². The zero-order valence-corrected chi connectivity index (χ0v) is 30.9. The molecule has 0 fully saturated rings. The van der Waals surface area contributed by atoms with Crippen LogP contribution in [-0.4, -0.2) is 19.3 Å². The Bertz CT molecular complexity index is 510. The number of nitrogens with one attached hydrogen (secondary N) is 2. The molecule has 0 bridgehead atoms. The maximum absolute atomic E-state index is 3.86. The van der Waals surface area contributed by atoms with E-state index in [2.05, 4.69) is 55.7 Å². The van der Waals surface area contributed by atoms with E-state index in [1.165, 1.54) is 219 Å². The van der Waals surface area contributed by atoms with Crippen molar-refractivity contribution in [1.82, 2.24) is 10.6 Å². The first-order valence-corrected chi connectivity index (χ1v) is 20.6. The van der Waals surface area contributed by atoms with Crippen LogP contribution < -0.4 is 10.6 Å². The van der Waals surface area contributed by atoms with Gasteiger partial charge in [-0.25, -0.2) is 0 Å². The van der Waals surface area contributed by atoms with Crippen LogP contribution in [0.15, 0.2) is 24.3 Å². The van der Waals surface area contributed by atoms with Crippen molar-refractivity contribution in [2.75, 3.05) is 13.1 Å². The maximum Gasteiger partial charge on any atom is 0.0571 e. The minimum atomic E-state index is 0.521. The first kappa shape index (κ1) is 43.4. The van der Waals surface area contributed by atoms with E-state index in [0.29, 0.717) is 6.17 Å². The molecule has 0 aromatic rings. The number of hydrogen-bond donors (Lipinski definition) is 2. The van der Waals surface area contributed by atoms with E-state index >= 15 is 0 Å². The summed E-state index contributed by atoms with van der Waals surface area (Å²) < 4.78 is 0. The van der Waals surface area contributed by atoms with Crippen LogP contribution in [0, 0.1) is 0 Å². The number of rotatable bonds is 38. The molecule has 262 valence electrons. The van der Waals surface area contributed by atoms with Crippen LogP contribution in [0.4, 0.5) is 0 Å². The maximum atomic E-state index is 3.86. The molecule has 0 atom stereocenters. The molecule has 0 rings (SSSR count). The van der Waals surface area contributed by atoms with Gasteiger partial charge in [-0.05, 0) is 83.7 Å². The standard InChI is InChI=1S/C42H84N2/c1-4-7-10-12-14-16-18-20-22-24-26-28-30-32-34-37-40-43-42(39-36-9-6-3)44-41-38-35-33-31-29-27-25-23-21-19-17-15-13-11-8-5-2/h20-23,42-44H,4-19,24-41H2,1-3H3/b22-20-,23-21-. The van der Waals surface area contributed by atoms with Crippen molar-refractivity contribution in [3.05, 3.63) is 24.3 Å². The van der Waals surface area contributed by atoms with E-state index in [-0.39, 0.29) is 0 Å². The van der Waals surface area contributed by atoms with E-state index in [1.807, 2.05) is 0 Å². The smallest absolute Gasteiger partial charge is 0.0571 e. The second-order valence-electron chi connectivity index (χ2n) is 13.8. The number of allylic oxidation sites excluding steroid dienone is 4. The molecule has 0 unspecified atom stereocenters. The topological polar surface area (TPSA) is 24.1 Å². The third-order valence-electron chi connectivity index (χ3n) is 9.25. The van der Waals surface area contributed by atoms with Crippen molar-refractivity contribution in [3.63, 3.8) is 0 Å². The summed E-state index contributed by atoms with van der Waals surface area (Å²) in [6.07, 6.45) is 54.4. The van der Waals surface area contributed by atoms with Gasteiger partial charge in [0.15, 0.2) is 0 Å². The lowest BCUT2D eigenvalue weighted by atomic mass is 10.1. The Morgan fingerprint density at radius 3 is 0.932 bits per heavy atom. The Labute approximate surface area is 279 Å². The molecule has 0 aliphatic rings. The highest BCUT2D eigenvalue weighted by molar-refractivity contribution is 4.82. The Kier molecular flexibility index (Phi) is 39.9. The first-order valence-electron chi connectivity index (χ1n) is 20.6. The largest absolute Gasteiger partial charge is 0.302 e. The van der Waals surface area contributed by atoms with Gasteiger partial charge >= 0.3 is 0 Å². The van der Waals surface area contributed by atoms with Gasteiger partial charge in [0.2, 0.25) is 0 Å². The normalized spacial score (nSPS) is 12.1. The van der Waals surface area contributed by atoms with E-state index in [9.17, 15) is 0 Å². The van der Waals surface area contributed by atoms with Crippen LogP contribution in [0.25, 0.3) is 0 Å². The molecule has 0 radical (unpaired) electrons. The quantitative estimate of drug-likeness (QED) is 0.0409. The van der Waals surface area contributed by atoms with Gasteiger partial charge in [-0.1, -0.05) is 180 Å². The Morgan fingerprint density at radius 1 is 0.318 bits per heavy atom. The summed E-state index contributed by atoms with van der Waals surface area (Å²) in [6.45, 7) is 9.27. The Balaban J connectivity index is 3.60. The highest BCUT2D eigenvalue weighted by Gasteiger charge is 2.06. The lowest BCUT2D eigenvalue weighted by molar-refractivity contribution is 0.377. The zero-order chi connectivity index (χ0) is 31.9. The second kappa shape index (κ2) is 40.4. The van der Waals surface area contributed by atoms with Crippen molar-refractivity contribution in [2.45, 2.75) is 232 Å². The Hall–Kier alpha value is -0.600. The van der Waals surface area contributed by atoms with E-state index < -0.39 is 0 Å². The van der Waals surface area contributed by atoms with Crippen LogP contribution in [0.5, 0.6) is 0 Å². The summed E-state index contributed by atoms with van der Waals surface area (Å²) in [5.41, 5.74) is 0. The monoisotopic (exact) mass is 617 g/mol. The van der Waals surface area contributed by atoms with Crippen molar-refractivity contribution in [2.24, 2.45) is 0 Å². The predicted octanol–water partition coefficient (Wildman–Crippen LogP) is 14.1. The third kappa shape index (κ3) is 37.6. The number of unbranched alkanes of at least 4 members (excludes halogenated alkanes) is 26. The fourth-order valence-electron chi connectivity index (χ4n) is 6.17. The second-order valence-corrected chi connectivity index (χ2v) is 13.8. The molecule has 0 spiro atoms. The molecule has 2 heteroatoms. The molecular formula is C42H84N2. The van der Waals surface area contributed by atoms with Gasteiger partial charge in [-0.15, -0.1) is 0 Å². The van der Waals surface area contributed by atoms with Crippen LogP contribution in [0.1, 0.15) is 226 Å². The summed E-state index contributed by atoms with van der Waals surface area (Å²) in [5, 5.41) is 7.71. The molecule has 0 aliphatic carbocycles. The van der Waals surface area contributed by atoms with Crippen LogP contribution in [-0.2, 0) is 0 Å². The molecule has 44 heavy (non-hydrogen) atoms. The molecule has 2 N–H and O–H groups in total. The molecule has 0 saturated heterocycles. The fraction of sp³-hybridized carbons (Fsp3) is 0.905. The van der Waals surface area contributed by atoms with Gasteiger partial charge in [0, 0.05) is 0 Å². The minimum Gasteiger partial charge on any atom is -0.302 e. The molecule has 2 nitrogen and oxygen atoms in total. The highest BCUT2D eigenvalue weighted by atomic mass is 15.1. The van der Waals surface area contributed by atoms with Crippen molar-refractivity contribution < 1.29 is 0 Å². The van der Waals surface area contributed by atoms with Gasteiger partial charge in [0.05, 0.1) is 6.17 Å². The van der Waals surface area contributed by atoms with Gasteiger partial charge in [0.25, 0.3) is 0 Å². The molecule has 0 aromatic carbocycles. The molecule has 0 heterocycles. The first-order chi connectivity index (χ1) is 21.8. The lowest BCUT2D eigenvalue weighted by Crippen LogP contribution is -2.43. The fourth-order valence-corrected chi connectivity index (χ4v) is 6.17. The lowest BCUT2D eigenvalue weighted by Gasteiger charge is -2.20. The average molecular weight is 617 g/mol. The molecule has 0 amide bonds. The average Bonchev–Trinajstić information content (AvgIpc) is 3.03. The summed E-state index contributed by atoms with van der Waals surface area (Å²) in [5.74, 6) is 0. The Morgan fingerprint density at radius 2 is 0.591 bits per heavy atom. The van der Waals surface area contributed by atoms with Crippen LogP contribution in [0.2, 0.25) is 0 Å². The van der Waals surface area contributed by atoms with Crippen LogP contribution >= 0.6 is 0 Å². The van der Waals surface area contributed by atoms with Crippen molar-refractivity contribution >= 4 is 0 Å². The highest BCUT2D eigenvalue weighted by Crippen LogP contribution is 2.12. The predicted molar refractivity (Wildman–Crippen MR) is 203 cm³/mol. The summed E-state index contributed by atoms with van der Waals surface area (Å²) in [7, 11) is 0. The van der Waals surface area contributed by atoms with Gasteiger partial charge in [-0.2, -0.15) is 0 Å². The van der Waals surface area contributed by atoms with Gasteiger partial charge in [-0.3, -0.25) is 0 Å². The molecular weight excluding hydrogens is 532 g/mol. The summed E-state index contributed by atoms with van der Waals surface area (Å²) in [6, 6.07) is 0. The van der Waals surface area contributed by atoms with E-state index in [0.717, 1.165) is 0 Å². The van der Waals surface area contributed by atoms with Gasteiger partial charge < -0.3 is 10.6 Å². The van der Waals surface area contributed by atoms with Crippen molar-refractivity contribution in [3.8, 4) is 0 Å². The molecule has 0 aliphatic heterocycles. The third-order valence-corrected chi connectivity index (χ3v) is 9.25. The number of hydrogen-bond acceptors (Lipinski definition) is 2. The molecule has 0 saturated carbocycles. The molecule has 0 aromatic heterocycles.